The second-order valence-electron chi connectivity index (χ2n) is 6.21. The zero-order chi connectivity index (χ0) is 19.8. The van der Waals surface area contributed by atoms with Crippen LogP contribution in [0.3, 0.4) is 0 Å². The van der Waals surface area contributed by atoms with E-state index < -0.39 is 24.6 Å². The van der Waals surface area contributed by atoms with Crippen molar-refractivity contribution in [1.82, 2.24) is 14.9 Å². The number of aromatic nitrogens is 2. The summed E-state index contributed by atoms with van der Waals surface area (Å²) in [6, 6.07) is 2.45. The molecule has 0 radical (unpaired) electrons. The molecular formula is C17H22ClN3O3. The molecule has 1 aromatic carbocycles. The van der Waals surface area contributed by atoms with Crippen LogP contribution in [0, 0.1) is 6.85 Å². The van der Waals surface area contributed by atoms with Crippen LogP contribution in [0.2, 0.25) is 5.02 Å². The summed E-state index contributed by atoms with van der Waals surface area (Å²) in [6.07, 6.45) is 1.70. The monoisotopic (exact) mass is 354 g/mol. The van der Waals surface area contributed by atoms with Crippen LogP contribution in [0.4, 0.5) is 0 Å². The van der Waals surface area contributed by atoms with Crippen LogP contribution in [-0.4, -0.2) is 44.6 Å². The van der Waals surface area contributed by atoms with E-state index in [4.69, 9.17) is 15.7 Å². The number of hydrogen-bond acceptors (Lipinski definition) is 5. The molecule has 130 valence electrons. The van der Waals surface area contributed by atoms with Crippen molar-refractivity contribution in [2.45, 2.75) is 50.9 Å². The lowest BCUT2D eigenvalue weighted by Crippen LogP contribution is -2.47. The van der Waals surface area contributed by atoms with Gasteiger partial charge in [0.1, 0.15) is 0 Å². The summed E-state index contributed by atoms with van der Waals surface area (Å²) in [4.78, 5) is 16.9. The number of piperidine rings is 1. The average Bonchev–Trinajstić information content (AvgIpc) is 2.58. The predicted molar refractivity (Wildman–Crippen MR) is 93.4 cm³/mol. The third-order valence-corrected chi connectivity index (χ3v) is 4.59. The lowest BCUT2D eigenvalue weighted by molar-refractivity contribution is 0.0539. The molecule has 1 fully saturated rings. The molecule has 1 saturated heterocycles. The Morgan fingerprint density at radius 1 is 1.58 bits per heavy atom. The molecule has 1 aromatic heterocycles. The fourth-order valence-corrected chi connectivity index (χ4v) is 3.36. The Hall–Kier alpha value is -1.47. The number of aliphatic hydroxyl groups excluding tert-OH is 2. The molecule has 1 aliphatic rings. The minimum absolute atomic E-state index is 0.0116. The van der Waals surface area contributed by atoms with Crippen LogP contribution < -0.4 is 10.9 Å². The molecule has 0 aliphatic carbocycles. The van der Waals surface area contributed by atoms with Gasteiger partial charge in [-0.1, -0.05) is 11.6 Å². The van der Waals surface area contributed by atoms with E-state index in [1.807, 2.05) is 0 Å². The van der Waals surface area contributed by atoms with Gasteiger partial charge >= 0.3 is 0 Å². The molecule has 3 rings (SSSR count). The molecule has 1 unspecified atom stereocenters. The molecule has 3 N–H and O–H groups in total. The summed E-state index contributed by atoms with van der Waals surface area (Å²) in [7, 11) is 0. The van der Waals surface area contributed by atoms with Crippen molar-refractivity contribution < 1.29 is 14.3 Å². The first kappa shape index (κ1) is 13.8. The first-order chi connectivity index (χ1) is 12.7. The normalized spacial score (nSPS) is 25.0. The van der Waals surface area contributed by atoms with Crippen LogP contribution in [0.1, 0.15) is 28.9 Å². The third kappa shape index (κ3) is 3.62. The molecule has 0 amide bonds. The van der Waals surface area contributed by atoms with E-state index in [2.05, 4.69) is 10.3 Å². The maximum Gasteiger partial charge on any atom is 0.261 e. The van der Waals surface area contributed by atoms with Gasteiger partial charge in [-0.15, -0.1) is 0 Å². The number of aryl methyl sites for hydroxylation is 1. The predicted octanol–water partition coefficient (Wildman–Crippen LogP) is 1.22. The molecular weight excluding hydrogens is 330 g/mol. The van der Waals surface area contributed by atoms with Gasteiger partial charge in [-0.05, 0) is 50.4 Å². The summed E-state index contributed by atoms with van der Waals surface area (Å²) in [6.45, 7) is -1.68. The highest BCUT2D eigenvalue weighted by Gasteiger charge is 2.25. The Morgan fingerprint density at radius 2 is 2.42 bits per heavy atom. The molecule has 0 bridgehead atoms. The number of nitrogens with one attached hydrogen (secondary N) is 1. The maximum atomic E-state index is 12.8. The van der Waals surface area contributed by atoms with E-state index in [9.17, 15) is 15.0 Å². The number of aliphatic hydroxyl groups is 2. The van der Waals surface area contributed by atoms with E-state index in [1.165, 1.54) is 23.0 Å². The zero-order valence-electron chi connectivity index (χ0n) is 16.1. The summed E-state index contributed by atoms with van der Waals surface area (Å²) in [5, 5.41) is 23.8. The van der Waals surface area contributed by atoms with Crippen molar-refractivity contribution in [3.63, 3.8) is 0 Å². The number of benzene rings is 1. The first-order valence-corrected chi connectivity index (χ1v) is 8.33. The number of halogens is 1. The lowest BCUT2D eigenvalue weighted by Gasteiger charge is -2.30. The quantitative estimate of drug-likeness (QED) is 0.768. The van der Waals surface area contributed by atoms with Gasteiger partial charge in [0.2, 0.25) is 0 Å². The lowest BCUT2D eigenvalue weighted by atomic mass is 9.96. The molecule has 24 heavy (non-hydrogen) atoms. The summed E-state index contributed by atoms with van der Waals surface area (Å²) in [5.74, 6) is 0. The Balaban J connectivity index is 1.87. The number of hydrogen-bond donors (Lipinski definition) is 3. The van der Waals surface area contributed by atoms with E-state index >= 15 is 0 Å². The molecule has 0 saturated carbocycles. The fourth-order valence-electron chi connectivity index (χ4n) is 3.14. The maximum absolute atomic E-state index is 12.8. The first-order valence-electron chi connectivity index (χ1n) is 9.45. The molecule has 3 atom stereocenters. The minimum Gasteiger partial charge on any atom is -0.392 e. The molecule has 6 nitrogen and oxygen atoms in total. The van der Waals surface area contributed by atoms with Crippen LogP contribution >= 0.6 is 11.6 Å². The van der Waals surface area contributed by atoms with E-state index in [-0.39, 0.29) is 34.1 Å². The van der Waals surface area contributed by atoms with Crippen LogP contribution in [0.25, 0.3) is 10.9 Å². The topological polar surface area (TPSA) is 87.4 Å². The van der Waals surface area contributed by atoms with Gasteiger partial charge in [-0.2, -0.15) is 0 Å². The van der Waals surface area contributed by atoms with Gasteiger partial charge in [-0.25, -0.2) is 4.98 Å². The number of fused-ring (bicyclic) bond motifs is 1. The molecule has 0 spiro atoms. The number of rotatable bonds is 4. The Morgan fingerprint density at radius 3 is 3.17 bits per heavy atom. The fraction of sp³-hybridized carbons (Fsp3) is 0.529. The van der Waals surface area contributed by atoms with Gasteiger partial charge in [0.05, 0.1) is 36.0 Å². The highest BCUT2D eigenvalue weighted by atomic mass is 35.5. The van der Waals surface area contributed by atoms with Gasteiger partial charge < -0.3 is 15.5 Å². The van der Waals surface area contributed by atoms with E-state index in [1.54, 1.807) is 0 Å². The van der Waals surface area contributed by atoms with Crippen molar-refractivity contribution in [1.29, 1.82) is 0 Å². The molecule has 1 aliphatic heterocycles. The summed E-state index contributed by atoms with van der Waals surface area (Å²) >= 11 is 5.99. The van der Waals surface area contributed by atoms with Crippen molar-refractivity contribution >= 4 is 22.5 Å². The molecule has 2 heterocycles. The van der Waals surface area contributed by atoms with E-state index in [0.29, 0.717) is 12.8 Å². The van der Waals surface area contributed by atoms with Crippen molar-refractivity contribution in [3.05, 3.63) is 39.4 Å². The second-order valence-corrected chi connectivity index (χ2v) is 6.65. The highest BCUT2D eigenvalue weighted by molar-refractivity contribution is 6.31. The smallest absolute Gasteiger partial charge is 0.261 e. The molecule has 2 aromatic rings. The largest absolute Gasteiger partial charge is 0.392 e. The third-order valence-electron chi connectivity index (χ3n) is 4.37. The Bertz CT molecular complexity index is 887. The van der Waals surface area contributed by atoms with E-state index in [0.717, 1.165) is 13.0 Å². The zero-order valence-corrected chi connectivity index (χ0v) is 13.8. The SMILES string of the molecule is [2H]C([2H])([2H])c1cc(Cl)cc2c(=O)n(CC(O)C[C@H]3NCCC[C@@H]3O)cnc12. The van der Waals surface area contributed by atoms with Crippen LogP contribution in [0.5, 0.6) is 0 Å². The van der Waals surface area contributed by atoms with Crippen molar-refractivity contribution in [3.8, 4) is 0 Å². The minimum atomic E-state index is -2.45. The molecule has 7 heteroatoms. The van der Waals surface area contributed by atoms with Gasteiger partial charge in [0, 0.05) is 15.2 Å². The van der Waals surface area contributed by atoms with Gasteiger partial charge in [-0.3, -0.25) is 9.36 Å². The summed E-state index contributed by atoms with van der Waals surface area (Å²) in [5.41, 5.74) is -0.465. The van der Waals surface area contributed by atoms with Crippen molar-refractivity contribution in [2.24, 2.45) is 0 Å². The standard InChI is InChI=1S/C17H22ClN3O3/c1-10-5-11(18)6-13-16(10)20-9-21(17(13)24)8-12(22)7-14-15(23)3-2-4-19-14/h5-6,9,12,14-15,19,22-23H,2-4,7-8H2,1H3/t12?,14-,15+/m1/s1/i1D3. The average molecular weight is 355 g/mol. The Labute approximate surface area is 149 Å². The summed E-state index contributed by atoms with van der Waals surface area (Å²) < 4.78 is 24.1. The van der Waals surface area contributed by atoms with Crippen molar-refractivity contribution in [2.75, 3.05) is 6.54 Å². The second kappa shape index (κ2) is 7.19. The highest BCUT2D eigenvalue weighted by Crippen LogP contribution is 2.19. The Kier molecular flexibility index (Phi) is 4.13. The van der Waals surface area contributed by atoms with Crippen LogP contribution in [0.15, 0.2) is 23.3 Å². The van der Waals surface area contributed by atoms with Gasteiger partial charge in [0.15, 0.2) is 0 Å². The van der Waals surface area contributed by atoms with Gasteiger partial charge in [0.25, 0.3) is 5.56 Å². The number of nitrogens with zero attached hydrogens (tertiary/aromatic N) is 2. The van der Waals surface area contributed by atoms with Crippen LogP contribution in [-0.2, 0) is 6.54 Å².